The summed E-state index contributed by atoms with van der Waals surface area (Å²) in [6.07, 6.45) is 0. The van der Waals surface area contributed by atoms with Crippen LogP contribution in [-0.4, -0.2) is 47.7 Å². The molecular weight excluding hydrogens is 392 g/mol. The van der Waals surface area contributed by atoms with Crippen LogP contribution in [0.4, 0.5) is 0 Å². The third kappa shape index (κ3) is 5.47. The van der Waals surface area contributed by atoms with Crippen molar-refractivity contribution in [2.45, 2.75) is 13.8 Å². The van der Waals surface area contributed by atoms with Crippen molar-refractivity contribution >= 4 is 23.2 Å². The first kappa shape index (κ1) is 22.2. The minimum absolute atomic E-state index is 0.0891. The largest absolute Gasteiger partial charge is 0.507 e. The fraction of sp³-hybridized carbons (Fsp3) is 0.200. The Bertz CT molecular complexity index is 935. The third-order valence-corrected chi connectivity index (χ3v) is 4.05. The summed E-state index contributed by atoms with van der Waals surface area (Å²) in [5.41, 5.74) is 5.45. The van der Waals surface area contributed by atoms with E-state index in [1.165, 1.54) is 26.4 Å². The molecule has 0 heterocycles. The van der Waals surface area contributed by atoms with Crippen molar-refractivity contribution in [3.63, 3.8) is 0 Å². The Morgan fingerprint density at radius 3 is 1.43 bits per heavy atom. The molecule has 30 heavy (non-hydrogen) atoms. The Morgan fingerprint density at radius 1 is 0.767 bits per heavy atom. The summed E-state index contributed by atoms with van der Waals surface area (Å²) in [5.74, 6) is -1.37. The maximum Gasteiger partial charge on any atom is 0.331 e. The van der Waals surface area contributed by atoms with E-state index in [1.54, 1.807) is 38.1 Å². The van der Waals surface area contributed by atoms with Crippen LogP contribution in [0, 0.1) is 0 Å². The highest BCUT2D eigenvalue weighted by atomic mass is 16.5. The van der Waals surface area contributed by atoms with Gasteiger partial charge in [0, 0.05) is 23.3 Å². The lowest BCUT2D eigenvalue weighted by atomic mass is 10.1. The molecule has 0 aliphatic carbocycles. The van der Waals surface area contributed by atoms with Crippen LogP contribution < -0.4 is 20.3 Å². The van der Waals surface area contributed by atoms with Crippen LogP contribution in [0.25, 0.3) is 0 Å². The highest BCUT2D eigenvalue weighted by molar-refractivity contribution is 6.35. The Balaban J connectivity index is 2.01. The molecule has 0 bridgehead atoms. The molecule has 0 saturated heterocycles. The number of hydrazone groups is 2. The van der Waals surface area contributed by atoms with Crippen LogP contribution >= 0.6 is 0 Å². The van der Waals surface area contributed by atoms with Crippen LogP contribution in [0.5, 0.6) is 23.0 Å². The number of hydrogen-bond donors (Lipinski definition) is 4. The molecular formula is C20H22N4O6. The highest BCUT2D eigenvalue weighted by Gasteiger charge is 2.14. The summed E-state index contributed by atoms with van der Waals surface area (Å²) < 4.78 is 10.00. The molecule has 0 radical (unpaired) electrons. The second-order valence-corrected chi connectivity index (χ2v) is 6.04. The quantitative estimate of drug-likeness (QED) is 0.321. The normalized spacial score (nSPS) is 11.6. The van der Waals surface area contributed by atoms with Crippen molar-refractivity contribution in [1.29, 1.82) is 0 Å². The van der Waals surface area contributed by atoms with Gasteiger partial charge in [-0.25, -0.2) is 10.9 Å². The molecule has 2 aromatic rings. The average Bonchev–Trinajstić information content (AvgIpc) is 2.74. The Kier molecular flexibility index (Phi) is 7.34. The zero-order valence-electron chi connectivity index (χ0n) is 16.9. The van der Waals surface area contributed by atoms with Gasteiger partial charge in [0.25, 0.3) is 0 Å². The third-order valence-electron chi connectivity index (χ3n) is 4.05. The van der Waals surface area contributed by atoms with Gasteiger partial charge in [-0.05, 0) is 38.1 Å². The molecule has 0 fully saturated rings. The first-order valence-corrected chi connectivity index (χ1v) is 8.70. The molecule has 2 aromatic carbocycles. The number of rotatable bonds is 6. The molecule has 2 amide bonds. The molecule has 2 rings (SSSR count). The lowest BCUT2D eigenvalue weighted by Crippen LogP contribution is -2.36. The lowest BCUT2D eigenvalue weighted by molar-refractivity contribution is -0.139. The van der Waals surface area contributed by atoms with Crippen LogP contribution in [0.3, 0.4) is 0 Å². The van der Waals surface area contributed by atoms with Gasteiger partial charge in [0.1, 0.15) is 23.0 Å². The predicted molar refractivity (Wildman–Crippen MR) is 110 cm³/mol. The molecule has 0 spiro atoms. The number of aromatic hydroxyl groups is 2. The molecule has 0 aliphatic heterocycles. The zero-order valence-corrected chi connectivity index (χ0v) is 16.9. The van der Waals surface area contributed by atoms with E-state index in [4.69, 9.17) is 9.47 Å². The number of hydrogen-bond acceptors (Lipinski definition) is 8. The van der Waals surface area contributed by atoms with Crippen molar-refractivity contribution < 1.29 is 29.3 Å². The van der Waals surface area contributed by atoms with Crippen LogP contribution in [-0.2, 0) is 9.59 Å². The van der Waals surface area contributed by atoms with Gasteiger partial charge in [0.05, 0.1) is 25.6 Å². The molecule has 0 aromatic heterocycles. The van der Waals surface area contributed by atoms with Gasteiger partial charge in [-0.2, -0.15) is 10.2 Å². The van der Waals surface area contributed by atoms with Crippen molar-refractivity contribution in [1.82, 2.24) is 10.9 Å². The average molecular weight is 414 g/mol. The van der Waals surface area contributed by atoms with E-state index in [1.807, 2.05) is 0 Å². The number of phenolic OH excluding ortho intramolecular Hbond substituents is 2. The predicted octanol–water partition coefficient (Wildman–Crippen LogP) is 1.50. The van der Waals surface area contributed by atoms with Crippen molar-refractivity contribution in [3.05, 3.63) is 47.5 Å². The van der Waals surface area contributed by atoms with E-state index in [9.17, 15) is 19.8 Å². The minimum Gasteiger partial charge on any atom is -0.507 e. The molecule has 10 heteroatoms. The van der Waals surface area contributed by atoms with Gasteiger partial charge in [0.15, 0.2) is 0 Å². The summed E-state index contributed by atoms with van der Waals surface area (Å²) in [7, 11) is 2.93. The molecule has 0 unspecified atom stereocenters. The summed E-state index contributed by atoms with van der Waals surface area (Å²) in [6, 6.07) is 9.16. The molecule has 10 nitrogen and oxygen atoms in total. The molecule has 0 saturated carbocycles. The van der Waals surface area contributed by atoms with Crippen molar-refractivity contribution in [2.24, 2.45) is 10.2 Å². The lowest BCUT2D eigenvalue weighted by Gasteiger charge is -2.07. The second kappa shape index (κ2) is 9.92. The topological polar surface area (TPSA) is 142 Å². The number of benzene rings is 2. The summed E-state index contributed by atoms with van der Waals surface area (Å²) in [6.45, 7) is 3.10. The van der Waals surface area contributed by atoms with Crippen LogP contribution in [0.1, 0.15) is 25.0 Å². The summed E-state index contributed by atoms with van der Waals surface area (Å²) >= 11 is 0. The van der Waals surface area contributed by atoms with Gasteiger partial charge in [-0.3, -0.25) is 9.59 Å². The fourth-order valence-electron chi connectivity index (χ4n) is 2.38. The highest BCUT2D eigenvalue weighted by Crippen LogP contribution is 2.24. The van der Waals surface area contributed by atoms with Gasteiger partial charge < -0.3 is 19.7 Å². The number of phenols is 2. The van der Waals surface area contributed by atoms with E-state index in [-0.39, 0.29) is 22.9 Å². The first-order chi connectivity index (χ1) is 14.3. The number of methoxy groups -OCH3 is 2. The summed E-state index contributed by atoms with van der Waals surface area (Å²) in [5, 5.41) is 27.6. The first-order valence-electron chi connectivity index (χ1n) is 8.70. The zero-order chi connectivity index (χ0) is 22.3. The fourth-order valence-corrected chi connectivity index (χ4v) is 2.38. The van der Waals surface area contributed by atoms with Crippen LogP contribution in [0.2, 0.25) is 0 Å². The number of carbonyl (C=O) groups excluding carboxylic acids is 2. The standard InChI is InChI=1S/C20H22N4O6/c1-11(15-7-5-13(29-3)9-17(15)25)21-23-19(27)20(28)24-22-12(2)16-8-6-14(30-4)10-18(16)26/h5-10,25-26H,1-4H3,(H,23,27)(H,24,28). The SMILES string of the molecule is COc1ccc(C(C)=NNC(=O)C(=O)NN=C(C)c2ccc(OC)cc2O)c(O)c1. The molecule has 158 valence electrons. The number of nitrogens with one attached hydrogen (secondary N) is 2. The van der Waals surface area contributed by atoms with Crippen molar-refractivity contribution in [3.8, 4) is 23.0 Å². The number of nitrogens with zero attached hydrogens (tertiary/aromatic N) is 2. The number of ether oxygens (including phenoxy) is 2. The summed E-state index contributed by atoms with van der Waals surface area (Å²) in [4.78, 5) is 23.8. The van der Waals surface area contributed by atoms with Gasteiger partial charge >= 0.3 is 11.8 Å². The maximum absolute atomic E-state index is 11.9. The minimum atomic E-state index is -1.06. The molecule has 4 N–H and O–H groups in total. The van der Waals surface area contributed by atoms with E-state index >= 15 is 0 Å². The van der Waals surface area contributed by atoms with Gasteiger partial charge in [-0.15, -0.1) is 0 Å². The Morgan fingerprint density at radius 2 is 1.13 bits per heavy atom. The van der Waals surface area contributed by atoms with Gasteiger partial charge in [-0.1, -0.05) is 0 Å². The number of amides is 2. The monoisotopic (exact) mass is 414 g/mol. The maximum atomic E-state index is 11.9. The molecule has 0 aliphatic rings. The smallest absolute Gasteiger partial charge is 0.331 e. The Hall–Kier alpha value is -4.08. The number of carbonyl (C=O) groups is 2. The van der Waals surface area contributed by atoms with E-state index < -0.39 is 11.8 Å². The van der Waals surface area contributed by atoms with Gasteiger partial charge in [0.2, 0.25) is 0 Å². The van der Waals surface area contributed by atoms with Crippen LogP contribution in [0.15, 0.2) is 46.6 Å². The second-order valence-electron chi connectivity index (χ2n) is 6.04. The van der Waals surface area contributed by atoms with E-state index in [0.29, 0.717) is 22.6 Å². The molecule has 0 atom stereocenters. The Labute approximate surface area is 172 Å². The van der Waals surface area contributed by atoms with E-state index in [2.05, 4.69) is 21.1 Å². The van der Waals surface area contributed by atoms with Crippen molar-refractivity contribution in [2.75, 3.05) is 14.2 Å². The van der Waals surface area contributed by atoms with E-state index in [0.717, 1.165) is 0 Å².